The first-order valence-electron chi connectivity index (χ1n) is 8.63. The summed E-state index contributed by atoms with van der Waals surface area (Å²) in [4.78, 5) is 0. The Balaban J connectivity index is 1.91. The molecule has 3 aromatic rings. The lowest BCUT2D eigenvalue weighted by atomic mass is 9.96. The molecule has 0 radical (unpaired) electrons. The van der Waals surface area contributed by atoms with Crippen molar-refractivity contribution in [3.8, 4) is 17.2 Å². The molecule has 0 fully saturated rings. The topological polar surface area (TPSA) is 82.8 Å². The largest absolute Gasteiger partial charge is 0.496 e. The number of methoxy groups -OCH3 is 3. The number of ether oxygens (including phenoxy) is 3. The molecule has 1 aromatic carbocycles. The van der Waals surface area contributed by atoms with Crippen molar-refractivity contribution in [2.75, 3.05) is 26.6 Å². The van der Waals surface area contributed by atoms with E-state index in [2.05, 4.69) is 41.4 Å². The molecule has 27 heavy (non-hydrogen) atoms. The Kier molecular flexibility index (Phi) is 5.07. The molecule has 144 valence electrons. The third kappa shape index (κ3) is 3.74. The third-order valence-corrected chi connectivity index (χ3v) is 4.20. The number of rotatable bonds is 6. The average Bonchev–Trinajstić information content (AvgIpc) is 3.09. The van der Waals surface area contributed by atoms with Gasteiger partial charge in [-0.1, -0.05) is 20.8 Å². The zero-order valence-corrected chi connectivity index (χ0v) is 16.5. The Labute approximate surface area is 158 Å². The number of nitrogens with zero attached hydrogens (tertiary/aromatic N) is 4. The maximum absolute atomic E-state index is 5.49. The lowest BCUT2D eigenvalue weighted by Crippen LogP contribution is -2.17. The normalized spacial score (nSPS) is 11.5. The molecule has 2 aromatic heterocycles. The summed E-state index contributed by atoms with van der Waals surface area (Å²) in [7, 11) is 4.85. The number of nitrogens with one attached hydrogen (secondary N) is 1. The van der Waals surface area contributed by atoms with Gasteiger partial charge < -0.3 is 19.5 Å². The van der Waals surface area contributed by atoms with E-state index in [0.29, 0.717) is 35.3 Å². The first-order chi connectivity index (χ1) is 12.9. The van der Waals surface area contributed by atoms with Crippen LogP contribution in [-0.2, 0) is 12.0 Å². The highest BCUT2D eigenvalue weighted by Gasteiger charge is 2.22. The quantitative estimate of drug-likeness (QED) is 0.713. The number of hydrogen-bond acceptors (Lipinski definition) is 7. The summed E-state index contributed by atoms with van der Waals surface area (Å²) >= 11 is 0. The molecule has 8 nitrogen and oxygen atoms in total. The van der Waals surface area contributed by atoms with E-state index in [4.69, 9.17) is 14.2 Å². The van der Waals surface area contributed by atoms with Crippen molar-refractivity contribution >= 4 is 11.5 Å². The Hall–Kier alpha value is -3.03. The Bertz CT molecular complexity index is 921. The van der Waals surface area contributed by atoms with Crippen molar-refractivity contribution in [2.24, 2.45) is 0 Å². The molecule has 0 saturated carbocycles. The number of anilines is 1. The van der Waals surface area contributed by atoms with Crippen LogP contribution in [-0.4, -0.2) is 41.1 Å². The molecular weight excluding hydrogens is 346 g/mol. The Morgan fingerprint density at radius 3 is 2.19 bits per heavy atom. The maximum Gasteiger partial charge on any atom is 0.178 e. The summed E-state index contributed by atoms with van der Waals surface area (Å²) in [5.41, 5.74) is 1.43. The summed E-state index contributed by atoms with van der Waals surface area (Å²) in [5.74, 6) is 3.54. The van der Waals surface area contributed by atoms with Crippen LogP contribution in [0.15, 0.2) is 24.3 Å². The van der Waals surface area contributed by atoms with Gasteiger partial charge in [0, 0.05) is 24.1 Å². The van der Waals surface area contributed by atoms with Crippen molar-refractivity contribution in [3.63, 3.8) is 0 Å². The van der Waals surface area contributed by atoms with E-state index in [9.17, 15) is 0 Å². The number of aromatic nitrogens is 4. The smallest absolute Gasteiger partial charge is 0.178 e. The second kappa shape index (κ2) is 7.30. The van der Waals surface area contributed by atoms with Crippen LogP contribution in [0.2, 0.25) is 0 Å². The minimum atomic E-state index is -0.159. The van der Waals surface area contributed by atoms with Crippen LogP contribution in [0.5, 0.6) is 17.2 Å². The molecular formula is C19H25N5O3. The lowest BCUT2D eigenvalue weighted by Gasteiger charge is -2.17. The number of fused-ring (bicyclic) bond motifs is 1. The highest BCUT2D eigenvalue weighted by atomic mass is 16.5. The molecule has 0 bridgehead atoms. The second-order valence-corrected chi connectivity index (χ2v) is 7.13. The summed E-state index contributed by atoms with van der Waals surface area (Å²) in [6, 6.07) is 7.42. The minimum Gasteiger partial charge on any atom is -0.496 e. The molecule has 0 amide bonds. The van der Waals surface area contributed by atoms with Crippen LogP contribution >= 0.6 is 0 Å². The van der Waals surface area contributed by atoms with Gasteiger partial charge in [0.25, 0.3) is 0 Å². The van der Waals surface area contributed by atoms with Crippen LogP contribution in [0.1, 0.15) is 32.2 Å². The first kappa shape index (κ1) is 18.8. The molecule has 0 aliphatic rings. The summed E-state index contributed by atoms with van der Waals surface area (Å²) < 4.78 is 18.0. The minimum absolute atomic E-state index is 0.159. The molecule has 0 spiro atoms. The Morgan fingerprint density at radius 2 is 1.63 bits per heavy atom. The van der Waals surface area contributed by atoms with Crippen molar-refractivity contribution in [2.45, 2.75) is 32.7 Å². The number of benzene rings is 1. The van der Waals surface area contributed by atoms with Gasteiger partial charge in [-0.25, -0.2) is 0 Å². The van der Waals surface area contributed by atoms with Gasteiger partial charge in [-0.2, -0.15) is 4.52 Å². The second-order valence-electron chi connectivity index (χ2n) is 7.13. The van der Waals surface area contributed by atoms with Crippen LogP contribution in [0.3, 0.4) is 0 Å². The predicted molar refractivity (Wildman–Crippen MR) is 103 cm³/mol. The number of hydrogen-bond donors (Lipinski definition) is 1. The highest BCUT2D eigenvalue weighted by Crippen LogP contribution is 2.34. The van der Waals surface area contributed by atoms with Crippen molar-refractivity contribution < 1.29 is 14.2 Å². The van der Waals surface area contributed by atoms with Gasteiger partial charge in [0.05, 0.1) is 26.9 Å². The van der Waals surface area contributed by atoms with Crippen LogP contribution in [0, 0.1) is 0 Å². The van der Waals surface area contributed by atoms with E-state index >= 15 is 0 Å². The van der Waals surface area contributed by atoms with E-state index < -0.39 is 0 Å². The fourth-order valence-electron chi connectivity index (χ4n) is 2.78. The lowest BCUT2D eigenvalue weighted by molar-refractivity contribution is 0.369. The van der Waals surface area contributed by atoms with E-state index in [1.165, 1.54) is 0 Å². The van der Waals surface area contributed by atoms with Gasteiger partial charge in [-0.3, -0.25) is 0 Å². The van der Waals surface area contributed by atoms with Crippen LogP contribution in [0.25, 0.3) is 5.65 Å². The Morgan fingerprint density at radius 1 is 0.963 bits per heavy atom. The van der Waals surface area contributed by atoms with Crippen LogP contribution < -0.4 is 19.5 Å². The predicted octanol–water partition coefficient (Wildman–Crippen LogP) is 3.06. The van der Waals surface area contributed by atoms with E-state index in [0.717, 1.165) is 11.4 Å². The third-order valence-electron chi connectivity index (χ3n) is 4.20. The molecule has 2 heterocycles. The fraction of sp³-hybridized carbons (Fsp3) is 0.421. The molecule has 0 aliphatic heterocycles. The highest BCUT2D eigenvalue weighted by molar-refractivity contribution is 5.53. The molecule has 0 aliphatic carbocycles. The van der Waals surface area contributed by atoms with Gasteiger partial charge in [0.2, 0.25) is 0 Å². The molecule has 3 rings (SSSR count). The summed E-state index contributed by atoms with van der Waals surface area (Å²) in [6.45, 7) is 6.72. The molecule has 0 atom stereocenters. The first-order valence-corrected chi connectivity index (χ1v) is 8.63. The van der Waals surface area contributed by atoms with Gasteiger partial charge >= 0.3 is 0 Å². The summed E-state index contributed by atoms with van der Waals surface area (Å²) in [5, 5.41) is 16.4. The van der Waals surface area contributed by atoms with Crippen molar-refractivity contribution in [3.05, 3.63) is 35.7 Å². The zero-order valence-electron chi connectivity index (χ0n) is 16.5. The van der Waals surface area contributed by atoms with Gasteiger partial charge in [0.1, 0.15) is 23.1 Å². The maximum atomic E-state index is 5.49. The van der Waals surface area contributed by atoms with Crippen LogP contribution in [0.4, 0.5) is 5.82 Å². The van der Waals surface area contributed by atoms with Crippen molar-refractivity contribution in [1.82, 2.24) is 19.8 Å². The molecule has 0 unspecified atom stereocenters. The fourth-order valence-corrected chi connectivity index (χ4v) is 2.78. The SMILES string of the molecule is COc1cc(OC)c(CNc2ccc3nnc(C(C)(C)C)n3n2)c(OC)c1. The van der Waals surface area contributed by atoms with Gasteiger partial charge in [0.15, 0.2) is 11.5 Å². The summed E-state index contributed by atoms with van der Waals surface area (Å²) in [6.07, 6.45) is 0. The van der Waals surface area contributed by atoms with Gasteiger partial charge in [-0.05, 0) is 12.1 Å². The molecule has 8 heteroatoms. The molecule has 0 saturated heterocycles. The standard InChI is InChI=1S/C19H25N5O3/c1-19(2,3)18-22-21-17-8-7-16(23-24(17)18)20-11-13-14(26-5)9-12(25-4)10-15(13)27-6/h7-10H,11H2,1-6H3,(H,20,23). The van der Waals surface area contributed by atoms with E-state index in [1.807, 2.05) is 24.3 Å². The monoisotopic (exact) mass is 371 g/mol. The van der Waals surface area contributed by atoms with E-state index in [1.54, 1.807) is 25.8 Å². The average molecular weight is 371 g/mol. The van der Waals surface area contributed by atoms with Crippen molar-refractivity contribution in [1.29, 1.82) is 0 Å². The van der Waals surface area contributed by atoms with Gasteiger partial charge in [-0.15, -0.1) is 15.3 Å². The zero-order chi connectivity index (χ0) is 19.6. The molecule has 1 N–H and O–H groups in total. The van der Waals surface area contributed by atoms with E-state index in [-0.39, 0.29) is 5.41 Å².